The van der Waals surface area contributed by atoms with Gasteiger partial charge in [-0.3, -0.25) is 0 Å². The largest absolute Gasteiger partial charge is 0.376 e. The van der Waals surface area contributed by atoms with E-state index in [2.05, 4.69) is 39.8 Å². The number of unbranched alkanes of at least 4 members (excludes halogenated alkanes) is 6. The Morgan fingerprint density at radius 1 is 0.824 bits per heavy atom. The first-order valence-electron chi connectivity index (χ1n) is 7.35. The van der Waals surface area contributed by atoms with Gasteiger partial charge in [-0.1, -0.05) is 44.8 Å². The Labute approximate surface area is 109 Å². The zero-order valence-electron chi connectivity index (χ0n) is 12.4. The van der Waals surface area contributed by atoms with E-state index in [-0.39, 0.29) is 5.60 Å². The molecule has 0 bridgehead atoms. The SMILES string of the molecule is CCCC/C=C/CCCCCCOC(C)(C)C. The van der Waals surface area contributed by atoms with Crippen LogP contribution in [0.2, 0.25) is 0 Å². The van der Waals surface area contributed by atoms with Gasteiger partial charge < -0.3 is 4.74 Å². The number of ether oxygens (including phenoxy) is 1. The van der Waals surface area contributed by atoms with Crippen LogP contribution in [0.5, 0.6) is 0 Å². The molecule has 0 spiro atoms. The highest BCUT2D eigenvalue weighted by Gasteiger charge is 2.08. The van der Waals surface area contributed by atoms with Crippen LogP contribution in [0.4, 0.5) is 0 Å². The molecule has 0 aliphatic carbocycles. The van der Waals surface area contributed by atoms with Crippen LogP contribution < -0.4 is 0 Å². The van der Waals surface area contributed by atoms with Crippen molar-refractivity contribution in [2.24, 2.45) is 0 Å². The average molecular weight is 240 g/mol. The lowest BCUT2D eigenvalue weighted by molar-refractivity contribution is -0.00473. The Hall–Kier alpha value is -0.300. The van der Waals surface area contributed by atoms with Crippen molar-refractivity contribution in [1.29, 1.82) is 0 Å². The van der Waals surface area contributed by atoms with Crippen LogP contribution in [0.25, 0.3) is 0 Å². The number of hydrogen-bond acceptors (Lipinski definition) is 1. The molecule has 0 fully saturated rings. The lowest BCUT2D eigenvalue weighted by atomic mass is 10.1. The normalized spacial score (nSPS) is 12.5. The Morgan fingerprint density at radius 2 is 1.41 bits per heavy atom. The maximum Gasteiger partial charge on any atom is 0.0598 e. The zero-order chi connectivity index (χ0) is 13.0. The van der Waals surface area contributed by atoms with Crippen LogP contribution in [0.15, 0.2) is 12.2 Å². The smallest absolute Gasteiger partial charge is 0.0598 e. The van der Waals surface area contributed by atoms with Gasteiger partial charge in [0.15, 0.2) is 0 Å². The second kappa shape index (κ2) is 10.8. The molecule has 1 nitrogen and oxygen atoms in total. The van der Waals surface area contributed by atoms with Gasteiger partial charge in [0, 0.05) is 6.61 Å². The van der Waals surface area contributed by atoms with Crippen LogP contribution in [-0.4, -0.2) is 12.2 Å². The van der Waals surface area contributed by atoms with Crippen molar-refractivity contribution in [3.05, 3.63) is 12.2 Å². The third-order valence-electron chi connectivity index (χ3n) is 2.69. The molecule has 0 unspecified atom stereocenters. The van der Waals surface area contributed by atoms with Gasteiger partial charge in [0.1, 0.15) is 0 Å². The molecular weight excluding hydrogens is 208 g/mol. The summed E-state index contributed by atoms with van der Waals surface area (Å²) in [6.45, 7) is 9.51. The molecule has 0 heterocycles. The molecule has 0 amide bonds. The Kier molecular flexibility index (Phi) is 10.6. The van der Waals surface area contributed by atoms with Crippen molar-refractivity contribution in [1.82, 2.24) is 0 Å². The van der Waals surface area contributed by atoms with Crippen molar-refractivity contribution in [3.8, 4) is 0 Å². The van der Waals surface area contributed by atoms with Crippen molar-refractivity contribution in [2.45, 2.75) is 84.7 Å². The minimum atomic E-state index is 0.0298. The second-order valence-electron chi connectivity index (χ2n) is 5.78. The minimum absolute atomic E-state index is 0.0298. The molecule has 0 radical (unpaired) electrons. The number of hydrogen-bond donors (Lipinski definition) is 0. The van der Waals surface area contributed by atoms with E-state index in [9.17, 15) is 0 Å². The predicted molar refractivity (Wildman–Crippen MR) is 77.5 cm³/mol. The molecule has 0 atom stereocenters. The van der Waals surface area contributed by atoms with E-state index >= 15 is 0 Å². The van der Waals surface area contributed by atoms with E-state index in [1.807, 2.05) is 0 Å². The highest BCUT2D eigenvalue weighted by Crippen LogP contribution is 2.10. The molecule has 0 aromatic carbocycles. The maximum atomic E-state index is 5.69. The molecule has 17 heavy (non-hydrogen) atoms. The summed E-state index contributed by atoms with van der Waals surface area (Å²) in [5.41, 5.74) is 0.0298. The van der Waals surface area contributed by atoms with E-state index in [4.69, 9.17) is 4.74 Å². The molecule has 1 heteroatoms. The van der Waals surface area contributed by atoms with Crippen LogP contribution >= 0.6 is 0 Å². The highest BCUT2D eigenvalue weighted by molar-refractivity contribution is 4.81. The Balaban J connectivity index is 3.11. The molecule has 0 aromatic rings. The van der Waals surface area contributed by atoms with Gasteiger partial charge in [0.2, 0.25) is 0 Å². The summed E-state index contributed by atoms with van der Waals surface area (Å²) >= 11 is 0. The summed E-state index contributed by atoms with van der Waals surface area (Å²) < 4.78 is 5.69. The van der Waals surface area contributed by atoms with Crippen molar-refractivity contribution < 1.29 is 4.74 Å². The Bertz CT molecular complexity index is 176. The zero-order valence-corrected chi connectivity index (χ0v) is 12.4. The van der Waals surface area contributed by atoms with E-state index in [1.165, 1.54) is 51.4 Å². The first-order chi connectivity index (χ1) is 8.06. The predicted octanol–water partition coefficient (Wildman–Crippen LogP) is 5.50. The van der Waals surface area contributed by atoms with Crippen LogP contribution in [0, 0.1) is 0 Å². The van der Waals surface area contributed by atoms with Crippen LogP contribution in [0.3, 0.4) is 0 Å². The third-order valence-corrected chi connectivity index (χ3v) is 2.69. The number of allylic oxidation sites excluding steroid dienone is 2. The first kappa shape index (κ1) is 16.7. The molecule has 0 aromatic heterocycles. The van der Waals surface area contributed by atoms with Gasteiger partial charge in [-0.05, 0) is 46.5 Å². The van der Waals surface area contributed by atoms with E-state index < -0.39 is 0 Å². The second-order valence-corrected chi connectivity index (χ2v) is 5.78. The molecule has 102 valence electrons. The highest BCUT2D eigenvalue weighted by atomic mass is 16.5. The fraction of sp³-hybridized carbons (Fsp3) is 0.875. The maximum absolute atomic E-state index is 5.69. The fourth-order valence-corrected chi connectivity index (χ4v) is 1.65. The quantitative estimate of drug-likeness (QED) is 0.362. The molecule has 0 saturated carbocycles. The molecule has 0 aliphatic heterocycles. The van der Waals surface area contributed by atoms with Crippen molar-refractivity contribution in [2.75, 3.05) is 6.61 Å². The van der Waals surface area contributed by atoms with Crippen LogP contribution in [-0.2, 0) is 4.74 Å². The monoisotopic (exact) mass is 240 g/mol. The molecule has 0 rings (SSSR count). The molecule has 0 saturated heterocycles. The third kappa shape index (κ3) is 15.7. The van der Waals surface area contributed by atoms with Gasteiger partial charge >= 0.3 is 0 Å². The van der Waals surface area contributed by atoms with Gasteiger partial charge in [0.25, 0.3) is 0 Å². The summed E-state index contributed by atoms with van der Waals surface area (Å²) in [6.07, 6.45) is 15.0. The first-order valence-corrected chi connectivity index (χ1v) is 7.35. The lowest BCUT2D eigenvalue weighted by Gasteiger charge is -2.19. The fourth-order valence-electron chi connectivity index (χ4n) is 1.65. The molecule has 0 N–H and O–H groups in total. The van der Waals surface area contributed by atoms with Gasteiger partial charge in [-0.15, -0.1) is 0 Å². The van der Waals surface area contributed by atoms with Crippen molar-refractivity contribution in [3.63, 3.8) is 0 Å². The van der Waals surface area contributed by atoms with E-state index in [0.29, 0.717) is 0 Å². The van der Waals surface area contributed by atoms with E-state index in [1.54, 1.807) is 0 Å². The Morgan fingerprint density at radius 3 is 2.00 bits per heavy atom. The minimum Gasteiger partial charge on any atom is -0.376 e. The summed E-state index contributed by atoms with van der Waals surface area (Å²) in [6, 6.07) is 0. The summed E-state index contributed by atoms with van der Waals surface area (Å²) in [4.78, 5) is 0. The summed E-state index contributed by atoms with van der Waals surface area (Å²) in [5.74, 6) is 0. The number of rotatable bonds is 10. The van der Waals surface area contributed by atoms with Crippen molar-refractivity contribution >= 4 is 0 Å². The average Bonchev–Trinajstić information content (AvgIpc) is 2.24. The molecular formula is C16H32O. The standard InChI is InChI=1S/C16H32O/c1-5-6-7-8-9-10-11-12-13-14-15-17-16(2,3)4/h8-9H,5-7,10-15H2,1-4H3/b9-8+. The van der Waals surface area contributed by atoms with Gasteiger partial charge in [-0.25, -0.2) is 0 Å². The van der Waals surface area contributed by atoms with Crippen LogP contribution in [0.1, 0.15) is 79.1 Å². The van der Waals surface area contributed by atoms with Gasteiger partial charge in [0.05, 0.1) is 5.60 Å². The lowest BCUT2D eigenvalue weighted by Crippen LogP contribution is -2.19. The molecule has 0 aliphatic rings. The summed E-state index contributed by atoms with van der Waals surface area (Å²) in [5, 5.41) is 0. The topological polar surface area (TPSA) is 9.23 Å². The summed E-state index contributed by atoms with van der Waals surface area (Å²) in [7, 11) is 0. The van der Waals surface area contributed by atoms with Gasteiger partial charge in [-0.2, -0.15) is 0 Å². The van der Waals surface area contributed by atoms with E-state index in [0.717, 1.165) is 6.61 Å².